The summed E-state index contributed by atoms with van der Waals surface area (Å²) in [6.45, 7) is -1.93. The van der Waals surface area contributed by atoms with Crippen LogP contribution in [0.3, 0.4) is 0 Å². The Hall–Kier alpha value is -6.00. The molecule has 7 aromatic carbocycles. The fourth-order valence-electron chi connectivity index (χ4n) is 6.74. The number of hydrogen-bond acceptors (Lipinski definition) is 2. The normalized spacial score (nSPS) is 21.4. The van der Waals surface area contributed by atoms with Crippen LogP contribution < -0.4 is 26.2 Å². The average Bonchev–Trinajstić information content (AvgIpc) is 3.89. The van der Waals surface area contributed by atoms with E-state index in [1.165, 1.54) is 0 Å². The van der Waals surface area contributed by atoms with Crippen LogP contribution in [0.1, 0.15) is 35.6 Å². The Bertz CT molecular complexity index is 4100. The number of anilines is 6. The molecular formula is C42H26BN3. The van der Waals surface area contributed by atoms with Crippen molar-refractivity contribution in [2.24, 2.45) is 0 Å². The summed E-state index contributed by atoms with van der Waals surface area (Å²) in [5.41, 5.74) is -6.80. The van der Waals surface area contributed by atoms with Gasteiger partial charge in [-0.15, -0.1) is 0 Å². The first-order chi connectivity index (χ1) is 33.7. The highest BCUT2D eigenvalue weighted by atomic mass is 15.2. The first kappa shape index (κ1) is 10.5. The first-order valence-corrected chi connectivity index (χ1v) is 13.9. The number of nitrogens with zero attached hydrogens (tertiary/aromatic N) is 3. The topological polar surface area (TPSA) is 10.9 Å². The molecule has 9 aromatic rings. The molecule has 2 aliphatic rings. The van der Waals surface area contributed by atoms with Crippen molar-refractivity contribution in [1.82, 2.24) is 4.40 Å². The zero-order valence-corrected chi connectivity index (χ0v) is 22.9. The van der Waals surface area contributed by atoms with E-state index < -0.39 is 220 Å². The molecule has 212 valence electrons. The van der Waals surface area contributed by atoms with Crippen LogP contribution in [0.4, 0.5) is 34.1 Å². The van der Waals surface area contributed by atoms with E-state index in [0.717, 1.165) is 14.2 Å². The maximum atomic E-state index is 10.4. The second-order valence-corrected chi connectivity index (χ2v) is 10.6. The minimum Gasteiger partial charge on any atom is -0.311 e. The Labute approximate surface area is 303 Å². The summed E-state index contributed by atoms with van der Waals surface area (Å²) in [7, 11) is 0. The largest absolute Gasteiger partial charge is 0.311 e. The number of fused-ring (bicyclic) bond motifs is 10. The number of para-hydroxylation sites is 5. The lowest BCUT2D eigenvalue weighted by atomic mass is 9.33. The van der Waals surface area contributed by atoms with Crippen LogP contribution in [0.15, 0.2) is 157 Å². The van der Waals surface area contributed by atoms with Gasteiger partial charge >= 0.3 is 0 Å². The molecule has 4 heterocycles. The second-order valence-electron chi connectivity index (χ2n) is 10.6. The van der Waals surface area contributed by atoms with E-state index in [1.807, 2.05) is 0 Å². The summed E-state index contributed by atoms with van der Waals surface area (Å²) < 4.78 is 238. The zero-order chi connectivity index (χ0) is 52.6. The molecule has 0 radical (unpaired) electrons. The molecule has 46 heavy (non-hydrogen) atoms. The lowest BCUT2D eigenvalue weighted by molar-refractivity contribution is 1.25. The number of benzene rings is 7. The average molecular weight is 610 g/mol. The molecule has 0 saturated carbocycles. The van der Waals surface area contributed by atoms with E-state index in [-0.39, 0.29) is 32.6 Å². The van der Waals surface area contributed by atoms with Gasteiger partial charge in [-0.05, 0) is 70.8 Å². The summed E-state index contributed by atoms with van der Waals surface area (Å²) in [5.74, 6) is 0. The van der Waals surface area contributed by atoms with Gasteiger partial charge in [-0.1, -0.05) is 103 Å². The summed E-state index contributed by atoms with van der Waals surface area (Å²) in [4.78, 5) is 1.54. The van der Waals surface area contributed by atoms with Crippen molar-refractivity contribution in [2.45, 2.75) is 0 Å². The minimum absolute atomic E-state index is 0.212. The Balaban J connectivity index is 1.49. The van der Waals surface area contributed by atoms with Gasteiger partial charge in [-0.2, -0.15) is 0 Å². The molecule has 0 N–H and O–H groups in total. The van der Waals surface area contributed by atoms with Gasteiger partial charge in [0.25, 0.3) is 6.71 Å². The van der Waals surface area contributed by atoms with Crippen LogP contribution in [0, 0.1) is 0 Å². The molecule has 2 aliphatic heterocycles. The van der Waals surface area contributed by atoms with Crippen molar-refractivity contribution in [3.05, 3.63) is 157 Å². The molecule has 4 heteroatoms. The van der Waals surface area contributed by atoms with Crippen LogP contribution in [-0.2, 0) is 0 Å². The third-order valence-electron chi connectivity index (χ3n) is 8.42. The van der Waals surface area contributed by atoms with Crippen LogP contribution >= 0.6 is 0 Å². The molecule has 0 saturated heterocycles. The van der Waals surface area contributed by atoms with Crippen LogP contribution in [0.25, 0.3) is 38.1 Å². The van der Waals surface area contributed by atoms with Gasteiger partial charge in [0.1, 0.15) is 0 Å². The summed E-state index contributed by atoms with van der Waals surface area (Å²) in [5, 5.41) is -1.28. The fourth-order valence-corrected chi connectivity index (χ4v) is 6.74. The Morgan fingerprint density at radius 2 is 0.978 bits per heavy atom. The van der Waals surface area contributed by atoms with Gasteiger partial charge in [0, 0.05) is 55.7 Å². The lowest BCUT2D eigenvalue weighted by Crippen LogP contribution is -2.61. The Morgan fingerprint density at radius 1 is 0.413 bits per heavy atom. The fraction of sp³-hybridized carbons (Fsp3) is 0. The Kier molecular flexibility index (Phi) is 2.02. The van der Waals surface area contributed by atoms with Gasteiger partial charge in [-0.25, -0.2) is 0 Å². The lowest BCUT2D eigenvalue weighted by Gasteiger charge is -2.44. The van der Waals surface area contributed by atoms with E-state index in [2.05, 4.69) is 0 Å². The third kappa shape index (κ3) is 2.99. The van der Waals surface area contributed by atoms with Crippen molar-refractivity contribution in [3.8, 4) is 0 Å². The molecule has 11 rings (SSSR count). The summed E-state index contributed by atoms with van der Waals surface area (Å²) in [6, 6.07) is -22.5. The molecule has 0 aliphatic carbocycles. The van der Waals surface area contributed by atoms with E-state index in [1.54, 1.807) is 0 Å². The molecule has 3 nitrogen and oxygen atoms in total. The molecule has 0 bridgehead atoms. The molecule has 0 amide bonds. The molecule has 0 unspecified atom stereocenters. The van der Waals surface area contributed by atoms with Crippen LogP contribution in [-0.4, -0.2) is 11.1 Å². The SMILES string of the molecule is [2H]c1c([2H])c([2H])c(N2c3c([2H])c([2H])c([2H])c([2H])c3B3c4c2c([2H])c([2H])c([2H])c4N(c2c([2H])c([2H])c([2H])c([2H])c2[2H])c2c3c([2H])c3c4c([2H])c([2H])c([2H])c5c6c([2H])c([2H])c([2H])c([2H])c6n(c3c2[2H])c54)c([2H])c1[2H]. The summed E-state index contributed by atoms with van der Waals surface area (Å²) in [6.07, 6.45) is 0. The highest BCUT2D eigenvalue weighted by Gasteiger charge is 2.43. The second kappa shape index (κ2) is 8.80. The molecule has 0 fully saturated rings. The molecule has 0 spiro atoms. The van der Waals surface area contributed by atoms with Gasteiger partial charge in [0.05, 0.1) is 52.2 Å². The monoisotopic (exact) mass is 609 g/mol. The highest BCUT2D eigenvalue weighted by molar-refractivity contribution is 7.00. The predicted molar refractivity (Wildman–Crippen MR) is 195 cm³/mol. The van der Waals surface area contributed by atoms with Crippen molar-refractivity contribution < 1.29 is 35.6 Å². The van der Waals surface area contributed by atoms with Crippen molar-refractivity contribution in [1.29, 1.82) is 0 Å². The van der Waals surface area contributed by atoms with E-state index in [9.17, 15) is 13.7 Å². The highest BCUT2D eigenvalue weighted by Crippen LogP contribution is 2.46. The van der Waals surface area contributed by atoms with Crippen molar-refractivity contribution >= 4 is 95.3 Å². The number of aromatic nitrogens is 1. The predicted octanol–water partition coefficient (Wildman–Crippen LogP) is 8.92. The Morgan fingerprint density at radius 3 is 1.74 bits per heavy atom. The van der Waals surface area contributed by atoms with Crippen LogP contribution in [0.5, 0.6) is 0 Å². The van der Waals surface area contributed by atoms with E-state index in [4.69, 9.17) is 21.9 Å². The third-order valence-corrected chi connectivity index (χ3v) is 8.42. The van der Waals surface area contributed by atoms with Gasteiger partial charge in [0.15, 0.2) is 0 Å². The van der Waals surface area contributed by atoms with Gasteiger partial charge in [-0.3, -0.25) is 0 Å². The maximum absolute atomic E-state index is 10.4. The first-order valence-electron chi connectivity index (χ1n) is 26.9. The quantitative estimate of drug-likeness (QED) is 0.181. The number of hydrogen-bond donors (Lipinski definition) is 0. The minimum atomic E-state index is -1.93. The summed E-state index contributed by atoms with van der Waals surface area (Å²) >= 11 is 0. The smallest absolute Gasteiger partial charge is 0.252 e. The van der Waals surface area contributed by atoms with Gasteiger partial charge < -0.3 is 14.2 Å². The van der Waals surface area contributed by atoms with E-state index in [0.29, 0.717) is 0 Å². The van der Waals surface area contributed by atoms with Crippen LogP contribution in [0.2, 0.25) is 0 Å². The number of rotatable bonds is 2. The maximum Gasteiger partial charge on any atom is 0.252 e. The zero-order valence-electron chi connectivity index (χ0n) is 48.9. The van der Waals surface area contributed by atoms with Crippen molar-refractivity contribution in [2.75, 3.05) is 9.80 Å². The van der Waals surface area contributed by atoms with Crippen molar-refractivity contribution in [3.63, 3.8) is 0 Å². The molecular weight excluding hydrogens is 557 g/mol. The van der Waals surface area contributed by atoms with Gasteiger partial charge in [0.2, 0.25) is 0 Å². The van der Waals surface area contributed by atoms with E-state index >= 15 is 0 Å². The standard InChI is InChI=1S/C42H26BN3/c1-3-13-27(14-4-1)44-36-22-10-8-20-33(36)43-34-25-32-31-19-11-18-30-29-17-7-9-21-35(29)46(42(30)31)39(32)26-40(34)45(28-15-5-2-6-16-28)38-24-12-23-37(44)41(38)43/h1-26H/i1D,2D,3D,4D,5D,6D,7D,8D,9D,10D,11D,12D,13D,14D,15D,16D,17D,18D,19D,20D,21D,22D,23D,24D,25D,26D. The molecule has 2 aromatic heterocycles. The molecule has 0 atom stereocenters.